The van der Waals surface area contributed by atoms with Crippen LogP contribution in [0.2, 0.25) is 0 Å². The average Bonchev–Trinajstić information content (AvgIpc) is 2.99. The van der Waals surface area contributed by atoms with Crippen LogP contribution in [0.4, 0.5) is 4.79 Å². The summed E-state index contributed by atoms with van der Waals surface area (Å²) in [6.45, 7) is 3.76. The number of esters is 1. The number of ether oxygens (including phenoxy) is 2. The minimum Gasteiger partial charge on any atom is -0.491 e. The lowest BCUT2D eigenvalue weighted by atomic mass is 10.0. The highest BCUT2D eigenvalue weighted by Crippen LogP contribution is 2.36. The molecule has 1 aromatic heterocycles. The number of furan rings is 1. The Kier molecular flexibility index (Phi) is 4.81. The minimum atomic E-state index is -1.21. The molecule has 0 aliphatic carbocycles. The first-order chi connectivity index (χ1) is 12.9. The first-order valence-corrected chi connectivity index (χ1v) is 8.14. The molecule has 0 bridgehead atoms. The maximum atomic E-state index is 12.5. The fraction of sp³-hybridized carbons (Fsp3) is 0.150. The molecule has 136 valence electrons. The maximum Gasteiger partial charge on any atom is 0.412 e. The second kappa shape index (κ2) is 7.22. The predicted octanol–water partition coefficient (Wildman–Crippen LogP) is 3.99. The Hall–Kier alpha value is -3.79. The van der Waals surface area contributed by atoms with Gasteiger partial charge < -0.3 is 19.6 Å². The number of primary amides is 1. The van der Waals surface area contributed by atoms with Gasteiger partial charge in [0.25, 0.3) is 0 Å². The number of nitrogens with two attached hydrogens (primary N) is 1. The van der Waals surface area contributed by atoms with Crippen molar-refractivity contribution in [2.75, 3.05) is 0 Å². The molecule has 7 nitrogen and oxygen atoms in total. The second-order valence-electron chi connectivity index (χ2n) is 6.03. The summed E-state index contributed by atoms with van der Waals surface area (Å²) in [6.07, 6.45) is -1.27. The summed E-state index contributed by atoms with van der Waals surface area (Å²) < 4.78 is 16.1. The lowest BCUT2D eigenvalue weighted by Gasteiger charge is -2.09. The number of hydrogen-bond acceptors (Lipinski definition) is 6. The largest absolute Gasteiger partial charge is 0.491 e. The van der Waals surface area contributed by atoms with Crippen molar-refractivity contribution < 1.29 is 23.5 Å². The van der Waals surface area contributed by atoms with E-state index in [0.717, 1.165) is 0 Å². The summed E-state index contributed by atoms with van der Waals surface area (Å²) >= 11 is 0. The van der Waals surface area contributed by atoms with Gasteiger partial charge in [0, 0.05) is 10.9 Å². The zero-order valence-corrected chi connectivity index (χ0v) is 14.7. The molecule has 1 heterocycles. The van der Waals surface area contributed by atoms with Gasteiger partial charge in [0.2, 0.25) is 0 Å². The van der Waals surface area contributed by atoms with E-state index in [1.54, 1.807) is 42.5 Å². The van der Waals surface area contributed by atoms with Crippen LogP contribution in [0.5, 0.6) is 5.75 Å². The number of nitriles is 1. The molecule has 0 aliphatic heterocycles. The van der Waals surface area contributed by atoms with E-state index in [-0.39, 0.29) is 17.4 Å². The monoisotopic (exact) mass is 364 g/mol. The van der Waals surface area contributed by atoms with Gasteiger partial charge in [-0.3, -0.25) is 0 Å². The van der Waals surface area contributed by atoms with Crippen molar-refractivity contribution in [2.45, 2.75) is 20.0 Å². The number of fused-ring (bicyclic) bond motifs is 1. The molecule has 0 fully saturated rings. The van der Waals surface area contributed by atoms with Gasteiger partial charge in [-0.25, -0.2) is 9.59 Å². The van der Waals surface area contributed by atoms with Crippen molar-refractivity contribution >= 4 is 23.0 Å². The number of hydrogen-bond donors (Lipinski definition) is 1. The molecule has 2 N–H and O–H groups in total. The number of rotatable bonds is 4. The summed E-state index contributed by atoms with van der Waals surface area (Å²) in [5, 5.41) is 9.37. The summed E-state index contributed by atoms with van der Waals surface area (Å²) in [4.78, 5) is 23.6. The van der Waals surface area contributed by atoms with Crippen LogP contribution >= 0.6 is 0 Å². The van der Waals surface area contributed by atoms with Gasteiger partial charge in [-0.15, -0.1) is 0 Å². The molecule has 1 amide bonds. The Labute approximate surface area is 154 Å². The highest BCUT2D eigenvalue weighted by molar-refractivity contribution is 6.11. The van der Waals surface area contributed by atoms with Crippen LogP contribution in [0.1, 0.15) is 29.8 Å². The van der Waals surface area contributed by atoms with Crippen LogP contribution in [-0.2, 0) is 4.74 Å². The third-order valence-corrected chi connectivity index (χ3v) is 3.70. The van der Waals surface area contributed by atoms with Crippen molar-refractivity contribution in [1.82, 2.24) is 0 Å². The first kappa shape index (κ1) is 18.0. The van der Waals surface area contributed by atoms with Crippen molar-refractivity contribution in [2.24, 2.45) is 5.73 Å². The van der Waals surface area contributed by atoms with Crippen molar-refractivity contribution in [3.63, 3.8) is 0 Å². The van der Waals surface area contributed by atoms with E-state index >= 15 is 0 Å². The standard InChI is InChI=1S/C20H16N2O5/c1-11(2)25-14-7-8-16-15(9-14)17(19(23)27-20(22)24)18(26-16)13-5-3-12(10-21)4-6-13/h3-9,11H,1-2H3,(H2,22,24). The van der Waals surface area contributed by atoms with E-state index in [1.807, 2.05) is 19.9 Å². The van der Waals surface area contributed by atoms with Crippen LogP contribution in [0.15, 0.2) is 46.9 Å². The summed E-state index contributed by atoms with van der Waals surface area (Å²) in [5.41, 5.74) is 6.48. The van der Waals surface area contributed by atoms with Crippen molar-refractivity contribution in [3.05, 3.63) is 53.6 Å². The number of carbonyl (C=O) groups excluding carboxylic acids is 2. The van der Waals surface area contributed by atoms with E-state index in [0.29, 0.717) is 27.8 Å². The Bertz CT molecular complexity index is 1060. The molecule has 27 heavy (non-hydrogen) atoms. The SMILES string of the molecule is CC(C)Oc1ccc2oc(-c3ccc(C#N)cc3)c(C(=O)OC(N)=O)c2c1. The quantitative estimate of drug-likeness (QED) is 0.553. The van der Waals surface area contributed by atoms with Crippen molar-refractivity contribution in [1.29, 1.82) is 5.26 Å². The first-order valence-electron chi connectivity index (χ1n) is 8.14. The van der Waals surface area contributed by atoms with Gasteiger partial charge >= 0.3 is 12.1 Å². The molecule has 0 saturated carbocycles. The van der Waals surface area contributed by atoms with Crippen LogP contribution in [0, 0.1) is 11.3 Å². The summed E-state index contributed by atoms with van der Waals surface area (Å²) in [6, 6.07) is 13.5. The van der Waals surface area contributed by atoms with Gasteiger partial charge in [0.1, 0.15) is 22.7 Å². The van der Waals surface area contributed by atoms with Gasteiger partial charge in [0.15, 0.2) is 0 Å². The molecule has 3 rings (SSSR count). The number of benzene rings is 2. The maximum absolute atomic E-state index is 12.5. The zero-order chi connectivity index (χ0) is 19.6. The van der Waals surface area contributed by atoms with Crippen LogP contribution < -0.4 is 10.5 Å². The average molecular weight is 364 g/mol. The molecular weight excluding hydrogens is 348 g/mol. The lowest BCUT2D eigenvalue weighted by Crippen LogP contribution is -2.18. The van der Waals surface area contributed by atoms with E-state index in [9.17, 15) is 9.59 Å². The highest BCUT2D eigenvalue weighted by Gasteiger charge is 2.25. The van der Waals surface area contributed by atoms with Gasteiger partial charge in [0.05, 0.1) is 17.7 Å². The topological polar surface area (TPSA) is 116 Å². The van der Waals surface area contributed by atoms with Crippen LogP contribution in [-0.4, -0.2) is 18.2 Å². The number of nitrogens with zero attached hydrogens (tertiary/aromatic N) is 1. The third-order valence-electron chi connectivity index (χ3n) is 3.70. The summed E-state index contributed by atoms with van der Waals surface area (Å²) in [5.74, 6) is -0.178. The third kappa shape index (κ3) is 3.75. The Morgan fingerprint density at radius 2 is 1.85 bits per heavy atom. The van der Waals surface area contributed by atoms with Gasteiger partial charge in [-0.05, 0) is 56.3 Å². The normalized spacial score (nSPS) is 10.6. The molecule has 0 aliphatic rings. The minimum absolute atomic E-state index is 0.0581. The molecular formula is C20H16N2O5. The number of amides is 1. The van der Waals surface area contributed by atoms with Gasteiger partial charge in [-0.2, -0.15) is 5.26 Å². The van der Waals surface area contributed by atoms with Crippen molar-refractivity contribution in [3.8, 4) is 23.1 Å². The Balaban J connectivity index is 2.20. The fourth-order valence-corrected chi connectivity index (χ4v) is 2.67. The predicted molar refractivity (Wildman–Crippen MR) is 97.1 cm³/mol. The molecule has 3 aromatic rings. The Morgan fingerprint density at radius 3 is 2.44 bits per heavy atom. The smallest absolute Gasteiger partial charge is 0.412 e. The van der Waals surface area contributed by atoms with E-state index < -0.39 is 12.1 Å². The molecule has 0 spiro atoms. The van der Waals surface area contributed by atoms with E-state index in [4.69, 9.17) is 20.1 Å². The molecule has 7 heteroatoms. The van der Waals surface area contributed by atoms with Crippen LogP contribution in [0.3, 0.4) is 0 Å². The van der Waals surface area contributed by atoms with E-state index in [2.05, 4.69) is 4.74 Å². The van der Waals surface area contributed by atoms with Gasteiger partial charge in [-0.1, -0.05) is 0 Å². The molecule has 0 radical (unpaired) electrons. The lowest BCUT2D eigenvalue weighted by molar-refractivity contribution is 0.0640. The molecule has 2 aromatic carbocycles. The molecule has 0 unspecified atom stereocenters. The Morgan fingerprint density at radius 1 is 1.15 bits per heavy atom. The molecule has 0 atom stereocenters. The number of carbonyl (C=O) groups is 2. The van der Waals surface area contributed by atoms with E-state index in [1.165, 1.54) is 0 Å². The zero-order valence-electron chi connectivity index (χ0n) is 14.7. The second-order valence-corrected chi connectivity index (χ2v) is 6.03. The fourth-order valence-electron chi connectivity index (χ4n) is 2.67. The summed E-state index contributed by atoms with van der Waals surface area (Å²) in [7, 11) is 0. The highest BCUT2D eigenvalue weighted by atomic mass is 16.6. The van der Waals surface area contributed by atoms with Crippen LogP contribution in [0.25, 0.3) is 22.3 Å². The molecule has 0 saturated heterocycles.